The summed E-state index contributed by atoms with van der Waals surface area (Å²) in [7, 11) is 0. The van der Waals surface area contributed by atoms with Gasteiger partial charge in [0.25, 0.3) is 11.8 Å². The predicted octanol–water partition coefficient (Wildman–Crippen LogP) is 6.97. The maximum absolute atomic E-state index is 13.3. The molecule has 4 aromatic rings. The van der Waals surface area contributed by atoms with Gasteiger partial charge in [0, 0.05) is 12.0 Å². The number of benzene rings is 4. The fraction of sp³-hybridized carbons (Fsp3) is 0.121. The van der Waals surface area contributed by atoms with E-state index < -0.39 is 59.4 Å². The Morgan fingerprint density at radius 2 is 1.31 bits per heavy atom. The molecule has 3 N–H and O–H groups in total. The molecule has 4 aromatic carbocycles. The number of halogens is 6. The first-order valence-electron chi connectivity index (χ1n) is 13.3. The minimum atomic E-state index is -4.70. The zero-order chi connectivity index (χ0) is 32.8. The minimum absolute atomic E-state index is 0.0944. The number of amides is 2. The Balaban J connectivity index is 1.61. The summed E-state index contributed by atoms with van der Waals surface area (Å²) in [4.78, 5) is 38.4. The second-order valence-electron chi connectivity index (χ2n) is 9.84. The molecule has 0 heterocycles. The van der Waals surface area contributed by atoms with Gasteiger partial charge in [0.2, 0.25) is 0 Å². The van der Waals surface area contributed by atoms with Crippen molar-refractivity contribution in [1.29, 1.82) is 0 Å². The molecule has 0 aliphatic carbocycles. The van der Waals surface area contributed by atoms with E-state index in [-0.39, 0.29) is 16.7 Å². The van der Waals surface area contributed by atoms with Gasteiger partial charge in [-0.1, -0.05) is 66.7 Å². The number of carbonyl (C=O) groups is 3. The van der Waals surface area contributed by atoms with Gasteiger partial charge >= 0.3 is 18.3 Å². The molecule has 0 aromatic heterocycles. The highest BCUT2D eigenvalue weighted by molar-refractivity contribution is 6.06. The standard InChI is InChI=1S/C33H24F6N2O4/c34-32(35,36)25-15-9-20(10-16-25)18-28(31(44)45)41-30(43)27(19-21-5-4-8-26(17-21)33(37,38)39)40-29(42)24-13-11-23(12-14-24)22-6-2-1-3-7-22/h1-17,19,28H,18H2,(H,40,42)(H,41,43)(H,44,45)/b27-19-. The first-order valence-corrected chi connectivity index (χ1v) is 13.3. The summed E-state index contributed by atoms with van der Waals surface area (Å²) in [6.45, 7) is 0. The highest BCUT2D eigenvalue weighted by Gasteiger charge is 2.31. The quantitative estimate of drug-likeness (QED) is 0.138. The van der Waals surface area contributed by atoms with E-state index in [0.717, 1.165) is 59.7 Å². The fourth-order valence-corrected chi connectivity index (χ4v) is 4.27. The first kappa shape index (κ1) is 32.5. The van der Waals surface area contributed by atoms with E-state index in [1.54, 1.807) is 12.1 Å². The fourth-order valence-electron chi connectivity index (χ4n) is 4.27. The first-order chi connectivity index (χ1) is 21.2. The number of nitrogens with one attached hydrogen (secondary N) is 2. The van der Waals surface area contributed by atoms with Crippen molar-refractivity contribution in [2.45, 2.75) is 24.8 Å². The molecule has 2 amide bonds. The van der Waals surface area contributed by atoms with E-state index in [1.807, 2.05) is 30.3 Å². The molecule has 1 atom stereocenters. The predicted molar refractivity (Wildman–Crippen MR) is 153 cm³/mol. The van der Waals surface area contributed by atoms with Gasteiger partial charge in [-0.25, -0.2) is 4.79 Å². The maximum atomic E-state index is 13.3. The molecule has 6 nitrogen and oxygen atoms in total. The van der Waals surface area contributed by atoms with Gasteiger partial charge in [-0.3, -0.25) is 9.59 Å². The van der Waals surface area contributed by atoms with Gasteiger partial charge in [-0.15, -0.1) is 0 Å². The lowest BCUT2D eigenvalue weighted by Crippen LogP contribution is -2.45. The van der Waals surface area contributed by atoms with Crippen LogP contribution in [0.1, 0.15) is 32.6 Å². The van der Waals surface area contributed by atoms with Crippen LogP contribution in [0.3, 0.4) is 0 Å². The average Bonchev–Trinajstić information content (AvgIpc) is 3.00. The van der Waals surface area contributed by atoms with Crippen molar-refractivity contribution in [3.8, 4) is 11.1 Å². The molecule has 0 aliphatic rings. The molecule has 0 saturated heterocycles. The molecule has 0 aliphatic heterocycles. The summed E-state index contributed by atoms with van der Waals surface area (Å²) < 4.78 is 78.7. The van der Waals surface area contributed by atoms with Crippen LogP contribution in [0.4, 0.5) is 26.3 Å². The number of aliphatic carboxylic acids is 1. The van der Waals surface area contributed by atoms with Gasteiger partial charge in [0.15, 0.2) is 0 Å². The van der Waals surface area contributed by atoms with Crippen LogP contribution in [0.2, 0.25) is 0 Å². The topological polar surface area (TPSA) is 95.5 Å². The Morgan fingerprint density at radius 1 is 0.711 bits per heavy atom. The van der Waals surface area contributed by atoms with Crippen LogP contribution in [0, 0.1) is 0 Å². The number of alkyl halides is 6. The summed E-state index contributed by atoms with van der Waals surface area (Å²) in [6.07, 6.45) is -8.78. The Hall–Kier alpha value is -5.39. The van der Waals surface area contributed by atoms with E-state index in [4.69, 9.17) is 0 Å². The number of rotatable bonds is 9. The molecule has 45 heavy (non-hydrogen) atoms. The van der Waals surface area contributed by atoms with Gasteiger partial charge in [0.1, 0.15) is 11.7 Å². The lowest BCUT2D eigenvalue weighted by molar-refractivity contribution is -0.141. The monoisotopic (exact) mass is 626 g/mol. The lowest BCUT2D eigenvalue weighted by Gasteiger charge is -2.17. The van der Waals surface area contributed by atoms with Crippen molar-refractivity contribution in [2.75, 3.05) is 0 Å². The molecule has 232 valence electrons. The van der Waals surface area contributed by atoms with Gasteiger partial charge in [-0.05, 0) is 64.7 Å². The zero-order valence-electron chi connectivity index (χ0n) is 23.1. The third-order valence-electron chi connectivity index (χ3n) is 6.60. The zero-order valence-corrected chi connectivity index (χ0v) is 23.1. The number of hydrogen-bond donors (Lipinski definition) is 3. The van der Waals surface area contributed by atoms with Gasteiger partial charge in [0.05, 0.1) is 11.1 Å². The molecular weight excluding hydrogens is 602 g/mol. The lowest BCUT2D eigenvalue weighted by atomic mass is 10.0. The molecule has 1 unspecified atom stereocenters. The van der Waals surface area contributed by atoms with Crippen molar-refractivity contribution in [3.05, 3.63) is 137 Å². The van der Waals surface area contributed by atoms with E-state index in [9.17, 15) is 45.8 Å². The Bertz CT molecular complexity index is 1700. The third kappa shape index (κ3) is 8.82. The van der Waals surface area contributed by atoms with Crippen LogP contribution in [-0.4, -0.2) is 28.9 Å². The number of carboxylic acids is 1. The van der Waals surface area contributed by atoms with Crippen LogP contribution < -0.4 is 10.6 Å². The summed E-state index contributed by atoms with van der Waals surface area (Å²) in [5, 5.41) is 14.3. The van der Waals surface area contributed by atoms with Crippen molar-refractivity contribution in [3.63, 3.8) is 0 Å². The second-order valence-corrected chi connectivity index (χ2v) is 9.84. The SMILES string of the molecule is O=C(NC(Cc1ccc(C(F)(F)F)cc1)C(=O)O)/C(=C/c1cccc(C(F)(F)F)c1)NC(=O)c1ccc(-c2ccccc2)cc1. The summed E-state index contributed by atoms with van der Waals surface area (Å²) in [6, 6.07) is 21.4. The molecule has 4 rings (SSSR count). The average molecular weight is 627 g/mol. The largest absolute Gasteiger partial charge is 0.480 e. The normalized spacial score (nSPS) is 12.7. The van der Waals surface area contributed by atoms with Crippen molar-refractivity contribution < 1.29 is 45.8 Å². The number of carboxylic acid groups (broad SMARTS) is 1. The van der Waals surface area contributed by atoms with Crippen LogP contribution in [0.5, 0.6) is 0 Å². The smallest absolute Gasteiger partial charge is 0.416 e. The minimum Gasteiger partial charge on any atom is -0.480 e. The number of hydrogen-bond acceptors (Lipinski definition) is 3. The highest BCUT2D eigenvalue weighted by atomic mass is 19.4. The van der Waals surface area contributed by atoms with Crippen LogP contribution in [-0.2, 0) is 28.4 Å². The van der Waals surface area contributed by atoms with Crippen LogP contribution in [0.15, 0.2) is 109 Å². The second kappa shape index (κ2) is 13.5. The molecule has 0 radical (unpaired) electrons. The van der Waals surface area contributed by atoms with Crippen molar-refractivity contribution in [1.82, 2.24) is 10.6 Å². The van der Waals surface area contributed by atoms with Crippen LogP contribution in [0.25, 0.3) is 17.2 Å². The maximum Gasteiger partial charge on any atom is 0.416 e. The highest BCUT2D eigenvalue weighted by Crippen LogP contribution is 2.30. The van der Waals surface area contributed by atoms with E-state index in [2.05, 4.69) is 10.6 Å². The molecule has 0 spiro atoms. The molecule has 0 saturated carbocycles. The third-order valence-corrected chi connectivity index (χ3v) is 6.60. The van der Waals surface area contributed by atoms with Crippen molar-refractivity contribution >= 4 is 23.9 Å². The Morgan fingerprint density at radius 3 is 1.89 bits per heavy atom. The summed E-state index contributed by atoms with van der Waals surface area (Å²) in [5.41, 5.74) is -0.746. The van der Waals surface area contributed by atoms with Gasteiger partial charge < -0.3 is 15.7 Å². The van der Waals surface area contributed by atoms with E-state index >= 15 is 0 Å². The molecule has 0 bridgehead atoms. The number of carbonyl (C=O) groups excluding carboxylic acids is 2. The van der Waals surface area contributed by atoms with Crippen molar-refractivity contribution in [2.24, 2.45) is 0 Å². The Labute approximate surface area is 253 Å². The van der Waals surface area contributed by atoms with Crippen LogP contribution >= 0.6 is 0 Å². The molecular formula is C33H24F6N2O4. The molecule has 12 heteroatoms. The Kier molecular flexibility index (Phi) is 9.75. The van der Waals surface area contributed by atoms with Gasteiger partial charge in [-0.2, -0.15) is 26.3 Å². The summed E-state index contributed by atoms with van der Waals surface area (Å²) in [5.74, 6) is -3.50. The van der Waals surface area contributed by atoms with E-state index in [0.29, 0.717) is 0 Å². The molecule has 0 fully saturated rings. The summed E-state index contributed by atoms with van der Waals surface area (Å²) >= 11 is 0. The van der Waals surface area contributed by atoms with E-state index in [1.165, 1.54) is 18.2 Å².